The van der Waals surface area contributed by atoms with Crippen molar-refractivity contribution in [2.75, 3.05) is 18.7 Å². The van der Waals surface area contributed by atoms with Crippen LogP contribution in [0.5, 0.6) is 5.75 Å². The highest BCUT2D eigenvalue weighted by Gasteiger charge is 2.12. The summed E-state index contributed by atoms with van der Waals surface area (Å²) in [5, 5.41) is 4.30. The Morgan fingerprint density at radius 1 is 1.17 bits per heavy atom. The van der Waals surface area contributed by atoms with E-state index in [0.717, 1.165) is 11.4 Å². The third-order valence-corrected chi connectivity index (χ3v) is 3.99. The lowest BCUT2D eigenvalue weighted by Crippen LogP contribution is -2.18. The Balaban J connectivity index is 2.14. The molecule has 2 aromatic heterocycles. The van der Waals surface area contributed by atoms with Gasteiger partial charge in [-0.3, -0.25) is 4.79 Å². The summed E-state index contributed by atoms with van der Waals surface area (Å²) in [5.41, 5.74) is 1.32. The highest BCUT2D eigenvalue weighted by molar-refractivity contribution is 7.98. The minimum Gasteiger partial charge on any atom is -0.497 e. The van der Waals surface area contributed by atoms with E-state index in [4.69, 9.17) is 4.74 Å². The maximum Gasteiger partial charge on any atom is 0.263 e. The molecule has 6 nitrogen and oxygen atoms in total. The number of benzene rings is 1. The fourth-order valence-electron chi connectivity index (χ4n) is 2.21. The monoisotopic (exact) mass is 328 g/mol. The molecule has 0 atom stereocenters. The normalized spacial score (nSPS) is 10.7. The minimum absolute atomic E-state index is 0.133. The first-order valence-electron chi connectivity index (χ1n) is 6.95. The second kappa shape index (κ2) is 6.29. The van der Waals surface area contributed by atoms with Crippen molar-refractivity contribution < 1.29 is 4.74 Å². The van der Waals surface area contributed by atoms with Gasteiger partial charge in [-0.15, -0.1) is 0 Å². The van der Waals surface area contributed by atoms with Crippen molar-refractivity contribution in [2.45, 2.75) is 5.16 Å². The molecule has 1 aromatic carbocycles. The van der Waals surface area contributed by atoms with Gasteiger partial charge in [0.1, 0.15) is 17.0 Å². The van der Waals surface area contributed by atoms with Gasteiger partial charge in [-0.05, 0) is 36.6 Å². The number of pyridine rings is 1. The molecule has 3 rings (SSSR count). The first-order chi connectivity index (χ1) is 11.1. The number of nitrogens with zero attached hydrogens (tertiary/aromatic N) is 3. The topological polar surface area (TPSA) is 69.0 Å². The van der Waals surface area contributed by atoms with Gasteiger partial charge >= 0.3 is 0 Å². The summed E-state index contributed by atoms with van der Waals surface area (Å²) in [5.74, 6) is 1.27. The molecule has 0 bridgehead atoms. The molecule has 0 saturated carbocycles. The minimum atomic E-state index is -0.133. The number of nitrogens with one attached hydrogen (secondary N) is 1. The van der Waals surface area contributed by atoms with Crippen molar-refractivity contribution in [3.8, 4) is 5.75 Å². The number of anilines is 2. The summed E-state index contributed by atoms with van der Waals surface area (Å²) in [6.07, 6.45) is 3.61. The van der Waals surface area contributed by atoms with Gasteiger partial charge in [0.2, 0.25) is 0 Å². The molecule has 0 aliphatic heterocycles. The lowest BCUT2D eigenvalue weighted by atomic mass is 10.2. The average Bonchev–Trinajstić information content (AvgIpc) is 2.58. The van der Waals surface area contributed by atoms with Crippen molar-refractivity contribution in [1.29, 1.82) is 0 Å². The predicted molar refractivity (Wildman–Crippen MR) is 92.8 cm³/mol. The molecule has 0 radical (unpaired) electrons. The molecule has 0 unspecified atom stereocenters. The van der Waals surface area contributed by atoms with E-state index in [1.54, 1.807) is 20.4 Å². The van der Waals surface area contributed by atoms with Crippen molar-refractivity contribution in [1.82, 2.24) is 14.5 Å². The van der Waals surface area contributed by atoms with Crippen LogP contribution in [0.4, 0.5) is 11.5 Å². The summed E-state index contributed by atoms with van der Waals surface area (Å²) in [7, 11) is 3.33. The summed E-state index contributed by atoms with van der Waals surface area (Å²) < 4.78 is 6.67. The lowest BCUT2D eigenvalue weighted by molar-refractivity contribution is 0.415. The number of methoxy groups -OCH3 is 1. The summed E-state index contributed by atoms with van der Waals surface area (Å²) >= 11 is 1.43. The van der Waals surface area contributed by atoms with Crippen molar-refractivity contribution >= 4 is 34.2 Å². The van der Waals surface area contributed by atoms with Gasteiger partial charge < -0.3 is 14.6 Å². The number of aryl methyl sites for hydroxylation is 1. The molecule has 7 heteroatoms. The first-order valence-corrected chi connectivity index (χ1v) is 8.17. The molecular weight excluding hydrogens is 312 g/mol. The van der Waals surface area contributed by atoms with Crippen molar-refractivity contribution in [2.24, 2.45) is 7.05 Å². The summed E-state index contributed by atoms with van der Waals surface area (Å²) in [4.78, 5) is 21.3. The number of hydrogen-bond donors (Lipinski definition) is 1. The van der Waals surface area contributed by atoms with Crippen LogP contribution in [0.2, 0.25) is 0 Å². The molecular formula is C16H16N4O2S. The number of thioether (sulfide) groups is 1. The van der Waals surface area contributed by atoms with Crippen LogP contribution in [-0.4, -0.2) is 27.9 Å². The maximum atomic E-state index is 12.5. The lowest BCUT2D eigenvalue weighted by Gasteiger charge is -2.11. The van der Waals surface area contributed by atoms with Crippen LogP contribution >= 0.6 is 11.8 Å². The zero-order chi connectivity index (χ0) is 16.4. The van der Waals surface area contributed by atoms with Crippen LogP contribution in [0, 0.1) is 0 Å². The third kappa shape index (κ3) is 3.00. The molecule has 3 aromatic rings. The molecule has 0 fully saturated rings. The molecule has 1 N–H and O–H groups in total. The van der Waals surface area contributed by atoms with Crippen molar-refractivity contribution in [3.63, 3.8) is 0 Å². The maximum absolute atomic E-state index is 12.5. The number of ether oxygens (including phenoxy) is 1. The van der Waals surface area contributed by atoms with Crippen molar-refractivity contribution in [3.05, 3.63) is 46.9 Å². The third-order valence-electron chi connectivity index (χ3n) is 3.44. The van der Waals surface area contributed by atoms with Gasteiger partial charge in [0.15, 0.2) is 5.16 Å². The summed E-state index contributed by atoms with van der Waals surface area (Å²) in [6.45, 7) is 0. The van der Waals surface area contributed by atoms with Crippen LogP contribution in [0.3, 0.4) is 0 Å². The van der Waals surface area contributed by atoms with E-state index < -0.39 is 0 Å². The van der Waals surface area contributed by atoms with Gasteiger partial charge in [-0.1, -0.05) is 11.8 Å². The molecule has 2 heterocycles. The quantitative estimate of drug-likeness (QED) is 0.587. The Morgan fingerprint density at radius 2 is 1.91 bits per heavy atom. The van der Waals surface area contributed by atoms with E-state index in [1.807, 2.05) is 36.6 Å². The highest BCUT2D eigenvalue weighted by atomic mass is 32.2. The first kappa shape index (κ1) is 15.4. The molecule has 118 valence electrons. The molecule has 23 heavy (non-hydrogen) atoms. The van der Waals surface area contributed by atoms with Crippen LogP contribution < -0.4 is 15.6 Å². The Bertz CT molecular complexity index is 906. The highest BCUT2D eigenvalue weighted by Crippen LogP contribution is 2.25. The molecule has 0 aliphatic carbocycles. The van der Waals surface area contributed by atoms with Gasteiger partial charge in [-0.2, -0.15) is 0 Å². The average molecular weight is 328 g/mol. The second-order valence-electron chi connectivity index (χ2n) is 4.90. The second-order valence-corrected chi connectivity index (χ2v) is 5.68. The van der Waals surface area contributed by atoms with Gasteiger partial charge in [0, 0.05) is 18.9 Å². The van der Waals surface area contributed by atoms with Gasteiger partial charge in [0.05, 0.1) is 12.6 Å². The molecule has 0 aliphatic rings. The Labute approximate surface area is 137 Å². The van der Waals surface area contributed by atoms with Crippen LogP contribution in [0.25, 0.3) is 10.9 Å². The molecule has 0 saturated heterocycles. The fraction of sp³-hybridized carbons (Fsp3) is 0.188. The SMILES string of the molecule is COc1ccc(Nc2nc(SC)nc3ccn(C)c(=O)c23)cc1. The van der Waals surface area contributed by atoms with Crippen LogP contribution in [0.15, 0.2) is 46.5 Å². The zero-order valence-electron chi connectivity index (χ0n) is 13.0. The van der Waals surface area contributed by atoms with Gasteiger partial charge in [0.25, 0.3) is 5.56 Å². The number of rotatable bonds is 4. The molecule has 0 spiro atoms. The van der Waals surface area contributed by atoms with E-state index >= 15 is 0 Å². The van der Waals surface area contributed by atoms with E-state index in [9.17, 15) is 4.79 Å². The van der Waals surface area contributed by atoms with Gasteiger partial charge in [-0.25, -0.2) is 9.97 Å². The Morgan fingerprint density at radius 3 is 2.57 bits per heavy atom. The standard InChI is InChI=1S/C16H16N4O2S/c1-20-9-8-12-13(15(20)21)14(19-16(18-12)23-3)17-10-4-6-11(22-2)7-5-10/h4-9H,1-3H3,(H,17,18,19). The Hall–Kier alpha value is -2.54. The van der Waals surface area contributed by atoms with Crippen LogP contribution in [-0.2, 0) is 7.05 Å². The number of hydrogen-bond acceptors (Lipinski definition) is 6. The van der Waals surface area contributed by atoms with E-state index in [-0.39, 0.29) is 5.56 Å². The summed E-state index contributed by atoms with van der Waals surface area (Å²) in [6, 6.07) is 9.26. The fourth-order valence-corrected chi connectivity index (χ4v) is 2.58. The smallest absolute Gasteiger partial charge is 0.263 e. The zero-order valence-corrected chi connectivity index (χ0v) is 13.8. The Kier molecular flexibility index (Phi) is 4.20. The molecule has 0 amide bonds. The number of fused-ring (bicyclic) bond motifs is 1. The van der Waals surface area contributed by atoms with E-state index in [1.165, 1.54) is 16.3 Å². The largest absolute Gasteiger partial charge is 0.497 e. The van der Waals surface area contributed by atoms with Crippen LogP contribution in [0.1, 0.15) is 0 Å². The van der Waals surface area contributed by atoms with E-state index in [0.29, 0.717) is 21.9 Å². The van der Waals surface area contributed by atoms with E-state index in [2.05, 4.69) is 15.3 Å². The number of aromatic nitrogens is 3. The predicted octanol–water partition coefficient (Wildman–Crippen LogP) is 2.80.